The van der Waals surface area contributed by atoms with E-state index in [0.29, 0.717) is 6.04 Å². The standard InChI is InChI=1S/C12H20N4/c13-11-6-3-4-9-8-15-12(16(9)11)10-5-1-2-7-14-10/h8,10-11,14H,1-7,13H2. The van der Waals surface area contributed by atoms with Crippen LogP contribution in [-0.4, -0.2) is 16.1 Å². The molecule has 2 aliphatic heterocycles. The molecule has 3 rings (SSSR count). The van der Waals surface area contributed by atoms with E-state index in [4.69, 9.17) is 5.73 Å². The first kappa shape index (κ1) is 10.3. The summed E-state index contributed by atoms with van der Waals surface area (Å²) in [4.78, 5) is 4.59. The molecule has 0 spiro atoms. The molecule has 3 heterocycles. The molecule has 1 saturated heterocycles. The van der Waals surface area contributed by atoms with E-state index in [1.54, 1.807) is 0 Å². The molecule has 1 aromatic heterocycles. The molecule has 2 unspecified atom stereocenters. The van der Waals surface area contributed by atoms with Crippen molar-refractivity contribution >= 4 is 0 Å². The van der Waals surface area contributed by atoms with Crippen LogP contribution < -0.4 is 11.1 Å². The summed E-state index contributed by atoms with van der Waals surface area (Å²) < 4.78 is 2.27. The van der Waals surface area contributed by atoms with Gasteiger partial charge in [0, 0.05) is 11.9 Å². The second-order valence-electron chi connectivity index (χ2n) is 4.94. The molecule has 0 aromatic carbocycles. The van der Waals surface area contributed by atoms with Crippen LogP contribution in [0.3, 0.4) is 0 Å². The normalized spacial score (nSPS) is 30.1. The van der Waals surface area contributed by atoms with Crippen LogP contribution in [-0.2, 0) is 6.42 Å². The van der Waals surface area contributed by atoms with Crippen LogP contribution in [0.5, 0.6) is 0 Å². The molecule has 3 N–H and O–H groups in total. The van der Waals surface area contributed by atoms with E-state index in [1.807, 2.05) is 6.20 Å². The van der Waals surface area contributed by atoms with E-state index < -0.39 is 0 Å². The van der Waals surface area contributed by atoms with E-state index in [0.717, 1.165) is 19.4 Å². The van der Waals surface area contributed by atoms with E-state index in [1.165, 1.54) is 37.2 Å². The molecule has 16 heavy (non-hydrogen) atoms. The molecule has 0 aliphatic carbocycles. The van der Waals surface area contributed by atoms with Crippen molar-refractivity contribution in [2.24, 2.45) is 5.73 Å². The summed E-state index contributed by atoms with van der Waals surface area (Å²) in [6, 6.07) is 0.423. The quantitative estimate of drug-likeness (QED) is 0.754. The summed E-state index contributed by atoms with van der Waals surface area (Å²) in [5, 5.41) is 3.55. The van der Waals surface area contributed by atoms with Crippen LogP contribution in [0.15, 0.2) is 6.20 Å². The summed E-state index contributed by atoms with van der Waals surface area (Å²) in [6.45, 7) is 1.11. The Kier molecular flexibility index (Phi) is 2.69. The lowest BCUT2D eigenvalue weighted by Gasteiger charge is -2.29. The van der Waals surface area contributed by atoms with Crippen LogP contribution in [0.2, 0.25) is 0 Å². The fourth-order valence-corrected chi connectivity index (χ4v) is 2.93. The number of hydrogen-bond acceptors (Lipinski definition) is 3. The number of aryl methyl sites for hydroxylation is 1. The highest BCUT2D eigenvalue weighted by Gasteiger charge is 2.25. The highest BCUT2D eigenvalue weighted by Crippen LogP contribution is 2.29. The minimum atomic E-state index is 0.143. The number of nitrogens with one attached hydrogen (secondary N) is 1. The molecule has 1 aromatic rings. The Balaban J connectivity index is 1.91. The van der Waals surface area contributed by atoms with Gasteiger partial charge in [0.25, 0.3) is 0 Å². The van der Waals surface area contributed by atoms with Crippen LogP contribution in [0.4, 0.5) is 0 Å². The molecule has 0 saturated carbocycles. The Morgan fingerprint density at radius 3 is 3.06 bits per heavy atom. The van der Waals surface area contributed by atoms with Gasteiger partial charge in [-0.25, -0.2) is 4.98 Å². The zero-order chi connectivity index (χ0) is 11.0. The fourth-order valence-electron chi connectivity index (χ4n) is 2.93. The molecular formula is C12H20N4. The first-order chi connectivity index (χ1) is 7.86. The van der Waals surface area contributed by atoms with Crippen LogP contribution in [0.25, 0.3) is 0 Å². The van der Waals surface area contributed by atoms with E-state index in [9.17, 15) is 0 Å². The van der Waals surface area contributed by atoms with Crippen LogP contribution in [0, 0.1) is 0 Å². The third-order valence-electron chi connectivity index (χ3n) is 3.79. The average Bonchev–Trinajstić information content (AvgIpc) is 2.75. The van der Waals surface area contributed by atoms with Crippen molar-refractivity contribution in [2.45, 2.75) is 50.7 Å². The monoisotopic (exact) mass is 220 g/mol. The highest BCUT2D eigenvalue weighted by atomic mass is 15.2. The van der Waals surface area contributed by atoms with Crippen LogP contribution >= 0.6 is 0 Å². The molecule has 2 aliphatic rings. The number of imidazole rings is 1. The third-order valence-corrected chi connectivity index (χ3v) is 3.79. The molecule has 4 nitrogen and oxygen atoms in total. The van der Waals surface area contributed by atoms with Gasteiger partial charge in [-0.1, -0.05) is 6.42 Å². The molecular weight excluding hydrogens is 200 g/mol. The Labute approximate surface area is 96.2 Å². The van der Waals surface area contributed by atoms with Gasteiger partial charge in [-0.2, -0.15) is 0 Å². The van der Waals surface area contributed by atoms with E-state index in [-0.39, 0.29) is 6.17 Å². The Morgan fingerprint density at radius 2 is 2.25 bits per heavy atom. The molecule has 0 amide bonds. The lowest BCUT2D eigenvalue weighted by atomic mass is 10.0. The number of nitrogens with two attached hydrogens (primary N) is 1. The molecule has 4 heteroatoms. The minimum absolute atomic E-state index is 0.143. The minimum Gasteiger partial charge on any atom is -0.315 e. The van der Waals surface area contributed by atoms with Crippen molar-refractivity contribution in [2.75, 3.05) is 6.54 Å². The maximum Gasteiger partial charge on any atom is 0.127 e. The topological polar surface area (TPSA) is 55.9 Å². The van der Waals surface area contributed by atoms with Crippen molar-refractivity contribution in [3.8, 4) is 0 Å². The second-order valence-corrected chi connectivity index (χ2v) is 4.94. The number of aromatic nitrogens is 2. The smallest absolute Gasteiger partial charge is 0.127 e. The van der Waals surface area contributed by atoms with Crippen LogP contribution in [0.1, 0.15) is 55.8 Å². The molecule has 2 atom stereocenters. The lowest BCUT2D eigenvalue weighted by molar-refractivity contribution is 0.345. The SMILES string of the molecule is NC1CCCc2cnc(C3CCCCN3)n21. The number of rotatable bonds is 1. The summed E-state index contributed by atoms with van der Waals surface area (Å²) in [5.74, 6) is 1.17. The van der Waals surface area contributed by atoms with E-state index in [2.05, 4.69) is 14.9 Å². The van der Waals surface area contributed by atoms with Gasteiger partial charge in [0.05, 0.1) is 12.2 Å². The summed E-state index contributed by atoms with van der Waals surface area (Å²) in [5.41, 5.74) is 7.51. The Bertz CT molecular complexity index is 365. The Morgan fingerprint density at radius 1 is 1.31 bits per heavy atom. The van der Waals surface area contributed by atoms with Crippen molar-refractivity contribution in [1.82, 2.24) is 14.9 Å². The van der Waals surface area contributed by atoms with Gasteiger partial charge in [-0.15, -0.1) is 0 Å². The summed E-state index contributed by atoms with van der Waals surface area (Å²) >= 11 is 0. The predicted molar refractivity (Wildman–Crippen MR) is 63.0 cm³/mol. The maximum absolute atomic E-state index is 6.19. The highest BCUT2D eigenvalue weighted by molar-refractivity contribution is 5.13. The molecule has 1 fully saturated rings. The van der Waals surface area contributed by atoms with Gasteiger partial charge in [-0.05, 0) is 38.6 Å². The van der Waals surface area contributed by atoms with Crippen molar-refractivity contribution < 1.29 is 0 Å². The Hall–Kier alpha value is -0.870. The van der Waals surface area contributed by atoms with Gasteiger partial charge in [0.2, 0.25) is 0 Å². The van der Waals surface area contributed by atoms with Crippen molar-refractivity contribution in [1.29, 1.82) is 0 Å². The third kappa shape index (κ3) is 1.66. The van der Waals surface area contributed by atoms with Crippen molar-refractivity contribution in [3.63, 3.8) is 0 Å². The van der Waals surface area contributed by atoms with Gasteiger partial charge in [-0.3, -0.25) is 0 Å². The summed E-state index contributed by atoms with van der Waals surface area (Å²) in [6.07, 6.45) is 9.37. The van der Waals surface area contributed by atoms with Crippen molar-refractivity contribution in [3.05, 3.63) is 17.7 Å². The zero-order valence-corrected chi connectivity index (χ0v) is 9.65. The number of piperidine rings is 1. The second kappa shape index (κ2) is 4.18. The fraction of sp³-hybridized carbons (Fsp3) is 0.750. The van der Waals surface area contributed by atoms with E-state index >= 15 is 0 Å². The largest absolute Gasteiger partial charge is 0.315 e. The van der Waals surface area contributed by atoms with Gasteiger partial charge >= 0.3 is 0 Å². The lowest BCUT2D eigenvalue weighted by Crippen LogP contribution is -2.33. The predicted octanol–water partition coefficient (Wildman–Crippen LogP) is 1.49. The molecule has 0 radical (unpaired) electrons. The molecule has 88 valence electrons. The van der Waals surface area contributed by atoms with Gasteiger partial charge in [0.1, 0.15) is 5.82 Å². The number of hydrogen-bond donors (Lipinski definition) is 2. The number of nitrogens with zero attached hydrogens (tertiary/aromatic N) is 2. The first-order valence-electron chi connectivity index (χ1n) is 6.41. The summed E-state index contributed by atoms with van der Waals surface area (Å²) in [7, 11) is 0. The zero-order valence-electron chi connectivity index (χ0n) is 9.65. The maximum atomic E-state index is 6.19. The van der Waals surface area contributed by atoms with Gasteiger partial charge in [0.15, 0.2) is 0 Å². The first-order valence-corrected chi connectivity index (χ1v) is 6.41. The average molecular weight is 220 g/mol. The molecule has 0 bridgehead atoms. The number of fused-ring (bicyclic) bond motifs is 1. The van der Waals surface area contributed by atoms with Gasteiger partial charge < -0.3 is 15.6 Å².